The summed E-state index contributed by atoms with van der Waals surface area (Å²) in [7, 11) is 0. The van der Waals surface area contributed by atoms with Crippen molar-refractivity contribution in [1.82, 2.24) is 0 Å². The first-order chi connectivity index (χ1) is 20.6. The molecule has 1 aliphatic heterocycles. The SMILES string of the molecule is CCC(CCCCCCCCCC1c2ccc(O)cc2OCC1(C)c1ccc(O)cc1)(CCCC(F)(F)C(F)(F)F)C(=O)O. The normalized spacial score (nSPS) is 20.0. The number of rotatable bonds is 17. The summed E-state index contributed by atoms with van der Waals surface area (Å²) in [6.45, 7) is 4.25. The quantitative estimate of drug-likeness (QED) is 0.120. The maximum atomic E-state index is 13.3. The first kappa shape index (κ1) is 35.4. The van der Waals surface area contributed by atoms with Crippen LogP contribution in [0, 0.1) is 5.41 Å². The summed E-state index contributed by atoms with van der Waals surface area (Å²) in [5.41, 5.74) is 0.501. The molecular formula is C34H45F5O5. The number of phenols is 2. The van der Waals surface area contributed by atoms with Gasteiger partial charge in [-0.25, -0.2) is 0 Å². The van der Waals surface area contributed by atoms with Crippen molar-refractivity contribution in [3.05, 3.63) is 53.6 Å². The molecule has 3 rings (SSSR count). The molecule has 246 valence electrons. The van der Waals surface area contributed by atoms with Gasteiger partial charge in [0.1, 0.15) is 17.2 Å². The topological polar surface area (TPSA) is 87.0 Å². The predicted octanol–water partition coefficient (Wildman–Crippen LogP) is 9.89. The summed E-state index contributed by atoms with van der Waals surface area (Å²) < 4.78 is 70.2. The number of phenolic OH excluding ortho intramolecular Hbond substituents is 2. The van der Waals surface area contributed by atoms with Gasteiger partial charge < -0.3 is 20.1 Å². The first-order valence-corrected chi connectivity index (χ1v) is 15.6. The van der Waals surface area contributed by atoms with Crippen molar-refractivity contribution in [1.29, 1.82) is 0 Å². The summed E-state index contributed by atoms with van der Waals surface area (Å²) >= 11 is 0. The third-order valence-electron chi connectivity index (χ3n) is 9.54. The van der Waals surface area contributed by atoms with Gasteiger partial charge in [-0.1, -0.05) is 77.0 Å². The third-order valence-corrected chi connectivity index (χ3v) is 9.54. The lowest BCUT2D eigenvalue weighted by molar-refractivity contribution is -0.284. The highest BCUT2D eigenvalue weighted by Crippen LogP contribution is 2.50. The van der Waals surface area contributed by atoms with Crippen LogP contribution in [-0.4, -0.2) is 40.0 Å². The highest BCUT2D eigenvalue weighted by atomic mass is 19.4. The Balaban J connectivity index is 1.46. The van der Waals surface area contributed by atoms with Crippen molar-refractivity contribution in [2.24, 2.45) is 5.41 Å². The number of unbranched alkanes of at least 4 members (excludes halogenated alkanes) is 6. The zero-order chi connectivity index (χ0) is 32.6. The second-order valence-electron chi connectivity index (χ2n) is 12.5. The molecule has 10 heteroatoms. The fraction of sp³-hybridized carbons (Fsp3) is 0.618. The standard InChI is InChI=1S/C34H45F5O5/c1-3-32(30(42)43,20-11-21-33(35,36)34(37,38)39)19-10-8-6-4-5-7-9-12-28-27-18-17-26(41)22-29(27)44-23-31(28,2)24-13-15-25(40)16-14-24/h13-18,22,28,40-41H,3-12,19-21,23H2,1-2H3,(H,42,43). The molecule has 5 nitrogen and oxygen atoms in total. The van der Waals surface area contributed by atoms with Gasteiger partial charge in [0, 0.05) is 23.8 Å². The van der Waals surface area contributed by atoms with E-state index in [1.165, 1.54) is 0 Å². The van der Waals surface area contributed by atoms with E-state index in [1.807, 2.05) is 18.2 Å². The zero-order valence-electron chi connectivity index (χ0n) is 25.6. The van der Waals surface area contributed by atoms with E-state index in [4.69, 9.17) is 4.74 Å². The lowest BCUT2D eigenvalue weighted by Gasteiger charge is -2.43. The van der Waals surface area contributed by atoms with Gasteiger partial charge in [-0.15, -0.1) is 0 Å². The Morgan fingerprint density at radius 2 is 1.41 bits per heavy atom. The fourth-order valence-electron chi connectivity index (χ4n) is 6.54. The van der Waals surface area contributed by atoms with E-state index in [1.54, 1.807) is 31.2 Å². The molecule has 3 atom stereocenters. The number of ether oxygens (including phenoxy) is 1. The zero-order valence-corrected chi connectivity index (χ0v) is 25.6. The van der Waals surface area contributed by atoms with E-state index in [0.717, 1.165) is 56.1 Å². The van der Waals surface area contributed by atoms with Crippen LogP contribution in [0.1, 0.15) is 114 Å². The molecule has 2 aromatic carbocycles. The van der Waals surface area contributed by atoms with Crippen LogP contribution < -0.4 is 4.74 Å². The second kappa shape index (κ2) is 14.8. The summed E-state index contributed by atoms with van der Waals surface area (Å²) in [4.78, 5) is 12.0. The van der Waals surface area contributed by atoms with Gasteiger partial charge >= 0.3 is 18.1 Å². The number of carboxylic acid groups (broad SMARTS) is 1. The Kier molecular flexibility index (Phi) is 11.9. The number of hydrogen-bond acceptors (Lipinski definition) is 4. The average Bonchev–Trinajstić information content (AvgIpc) is 2.95. The molecular weight excluding hydrogens is 583 g/mol. The van der Waals surface area contributed by atoms with E-state index >= 15 is 0 Å². The van der Waals surface area contributed by atoms with Crippen LogP contribution in [0.15, 0.2) is 42.5 Å². The van der Waals surface area contributed by atoms with E-state index in [-0.39, 0.29) is 42.1 Å². The smallest absolute Gasteiger partial charge is 0.453 e. The number of aliphatic carboxylic acids is 1. The summed E-state index contributed by atoms with van der Waals surface area (Å²) in [5.74, 6) is -4.77. The molecule has 3 unspecified atom stereocenters. The molecule has 1 aliphatic rings. The largest absolute Gasteiger partial charge is 0.508 e. The number of carboxylic acids is 1. The average molecular weight is 629 g/mol. The molecule has 0 amide bonds. The van der Waals surface area contributed by atoms with Crippen molar-refractivity contribution in [3.63, 3.8) is 0 Å². The van der Waals surface area contributed by atoms with Crippen molar-refractivity contribution in [3.8, 4) is 17.2 Å². The van der Waals surface area contributed by atoms with E-state index in [2.05, 4.69) is 6.92 Å². The van der Waals surface area contributed by atoms with E-state index in [9.17, 15) is 42.1 Å². The molecule has 0 saturated carbocycles. The highest BCUT2D eigenvalue weighted by Gasteiger charge is 2.56. The van der Waals surface area contributed by atoms with Crippen molar-refractivity contribution in [2.45, 2.75) is 121 Å². The Bertz CT molecular complexity index is 1220. The number of aromatic hydroxyl groups is 2. The van der Waals surface area contributed by atoms with Crippen molar-refractivity contribution >= 4 is 5.97 Å². The molecule has 3 N–H and O–H groups in total. The number of fused-ring (bicyclic) bond motifs is 1. The highest BCUT2D eigenvalue weighted by molar-refractivity contribution is 5.74. The van der Waals surface area contributed by atoms with Gasteiger partial charge in [0.15, 0.2) is 0 Å². The Morgan fingerprint density at radius 1 is 0.841 bits per heavy atom. The molecule has 44 heavy (non-hydrogen) atoms. The van der Waals surface area contributed by atoms with E-state index < -0.39 is 36.3 Å². The van der Waals surface area contributed by atoms with Crippen LogP contribution in [0.4, 0.5) is 22.0 Å². The first-order valence-electron chi connectivity index (χ1n) is 15.6. The maximum Gasteiger partial charge on any atom is 0.453 e. The van der Waals surface area contributed by atoms with Gasteiger partial charge in [-0.2, -0.15) is 22.0 Å². The summed E-state index contributed by atoms with van der Waals surface area (Å²) in [6.07, 6.45) is -0.253. The predicted molar refractivity (Wildman–Crippen MR) is 159 cm³/mol. The lowest BCUT2D eigenvalue weighted by atomic mass is 9.66. The van der Waals surface area contributed by atoms with Gasteiger partial charge in [-0.3, -0.25) is 4.79 Å². The number of carbonyl (C=O) groups is 1. The van der Waals surface area contributed by atoms with Gasteiger partial charge in [0.2, 0.25) is 0 Å². The Morgan fingerprint density at radius 3 is 2.00 bits per heavy atom. The molecule has 0 spiro atoms. The van der Waals surface area contributed by atoms with Crippen LogP contribution in [0.5, 0.6) is 17.2 Å². The maximum absolute atomic E-state index is 13.3. The van der Waals surface area contributed by atoms with Gasteiger partial charge in [-0.05, 0) is 61.4 Å². The molecule has 0 bridgehead atoms. The van der Waals surface area contributed by atoms with Crippen LogP contribution >= 0.6 is 0 Å². The second-order valence-corrected chi connectivity index (χ2v) is 12.5. The fourth-order valence-corrected chi connectivity index (χ4v) is 6.54. The van der Waals surface area contributed by atoms with Crippen LogP contribution in [0.3, 0.4) is 0 Å². The third kappa shape index (κ3) is 8.57. The van der Waals surface area contributed by atoms with Gasteiger partial charge in [0.25, 0.3) is 0 Å². The monoisotopic (exact) mass is 628 g/mol. The van der Waals surface area contributed by atoms with Crippen LogP contribution in [0.2, 0.25) is 0 Å². The molecule has 1 heterocycles. The molecule has 0 aliphatic carbocycles. The molecule has 2 aromatic rings. The number of halogens is 5. The van der Waals surface area contributed by atoms with Crippen LogP contribution in [-0.2, 0) is 10.2 Å². The van der Waals surface area contributed by atoms with Crippen LogP contribution in [0.25, 0.3) is 0 Å². The van der Waals surface area contributed by atoms with Crippen molar-refractivity contribution in [2.75, 3.05) is 6.61 Å². The minimum Gasteiger partial charge on any atom is -0.508 e. The Labute approximate surface area is 256 Å². The molecule has 0 aromatic heterocycles. The van der Waals surface area contributed by atoms with Gasteiger partial charge in [0.05, 0.1) is 12.0 Å². The number of alkyl halides is 5. The minimum absolute atomic E-state index is 0.144. The number of benzene rings is 2. The minimum atomic E-state index is -5.63. The summed E-state index contributed by atoms with van der Waals surface area (Å²) in [6, 6.07) is 12.4. The van der Waals surface area contributed by atoms with Crippen molar-refractivity contribution < 1.29 is 46.8 Å². The lowest BCUT2D eigenvalue weighted by Crippen LogP contribution is -2.40. The summed E-state index contributed by atoms with van der Waals surface area (Å²) in [5, 5.41) is 29.5. The Hall–Kier alpha value is -3.04. The number of hydrogen-bond donors (Lipinski definition) is 3. The molecule has 0 fully saturated rings. The molecule has 0 saturated heterocycles. The van der Waals surface area contributed by atoms with E-state index in [0.29, 0.717) is 18.8 Å². The molecule has 0 radical (unpaired) electrons.